The SMILES string of the molecule is CSc1ccc(CO[PH](=O)OCc2ccc(SC)cc2)cc1. The third kappa shape index (κ3) is 5.82. The highest BCUT2D eigenvalue weighted by atomic mass is 32.2. The second-order valence-electron chi connectivity index (χ2n) is 4.52. The summed E-state index contributed by atoms with van der Waals surface area (Å²) in [5, 5.41) is 0. The van der Waals surface area contributed by atoms with Gasteiger partial charge in [-0.05, 0) is 47.9 Å². The Balaban J connectivity index is 1.74. The normalized spacial score (nSPS) is 11.0. The van der Waals surface area contributed by atoms with Gasteiger partial charge in [0.2, 0.25) is 0 Å². The van der Waals surface area contributed by atoms with E-state index in [2.05, 4.69) is 0 Å². The van der Waals surface area contributed by atoms with E-state index in [0.29, 0.717) is 13.2 Å². The molecule has 0 N–H and O–H groups in total. The molecule has 0 aromatic heterocycles. The van der Waals surface area contributed by atoms with Crippen molar-refractivity contribution in [3.63, 3.8) is 0 Å². The lowest BCUT2D eigenvalue weighted by atomic mass is 10.2. The number of thioether (sulfide) groups is 2. The van der Waals surface area contributed by atoms with Crippen LogP contribution in [-0.4, -0.2) is 12.5 Å². The van der Waals surface area contributed by atoms with E-state index >= 15 is 0 Å². The second-order valence-corrected chi connectivity index (χ2v) is 7.36. The molecule has 0 unspecified atom stereocenters. The lowest BCUT2D eigenvalue weighted by molar-refractivity contribution is 0.213. The molecule has 0 saturated carbocycles. The molecule has 118 valence electrons. The molecule has 3 nitrogen and oxygen atoms in total. The molecule has 0 spiro atoms. The molecule has 0 radical (unpaired) electrons. The first-order valence-corrected chi connectivity index (χ1v) is 10.4. The van der Waals surface area contributed by atoms with Crippen LogP contribution in [0.25, 0.3) is 0 Å². The quantitative estimate of drug-likeness (QED) is 0.478. The van der Waals surface area contributed by atoms with Gasteiger partial charge in [-0.25, -0.2) is 0 Å². The van der Waals surface area contributed by atoms with E-state index < -0.39 is 8.25 Å². The van der Waals surface area contributed by atoms with Crippen LogP contribution in [0.15, 0.2) is 58.3 Å². The van der Waals surface area contributed by atoms with Crippen LogP contribution in [0.5, 0.6) is 0 Å². The molecule has 6 heteroatoms. The standard InChI is InChI=1S/C16H19O3PS2/c1-21-15-7-3-13(4-8-15)11-18-20(17)19-12-14-5-9-16(22-2)10-6-14/h3-10,20H,11-12H2,1-2H3. The highest BCUT2D eigenvalue weighted by molar-refractivity contribution is 7.98. The number of rotatable bonds is 8. The summed E-state index contributed by atoms with van der Waals surface area (Å²) in [6.45, 7) is 0.607. The van der Waals surface area contributed by atoms with Crippen molar-refractivity contribution in [1.29, 1.82) is 0 Å². The topological polar surface area (TPSA) is 35.5 Å². The molecule has 2 aromatic rings. The minimum absolute atomic E-state index is 0.303. The predicted octanol–water partition coefficient (Wildman–Crippen LogP) is 5.25. The van der Waals surface area contributed by atoms with Crippen molar-refractivity contribution >= 4 is 31.8 Å². The van der Waals surface area contributed by atoms with E-state index in [1.807, 2.05) is 61.0 Å². The molecule has 2 rings (SSSR count). The highest BCUT2D eigenvalue weighted by Gasteiger charge is 2.03. The summed E-state index contributed by atoms with van der Waals surface area (Å²) in [5.41, 5.74) is 1.98. The Morgan fingerprint density at radius 1 is 0.773 bits per heavy atom. The van der Waals surface area contributed by atoms with Crippen molar-refractivity contribution in [3.05, 3.63) is 59.7 Å². The lowest BCUT2D eigenvalue weighted by Crippen LogP contribution is -1.90. The Bertz CT molecular complexity index is 546. The largest absolute Gasteiger partial charge is 0.319 e. The molecule has 0 aliphatic rings. The van der Waals surface area contributed by atoms with Gasteiger partial charge in [0, 0.05) is 9.79 Å². The van der Waals surface area contributed by atoms with E-state index in [4.69, 9.17) is 9.05 Å². The fourth-order valence-corrected chi connectivity index (χ4v) is 3.24. The van der Waals surface area contributed by atoms with Gasteiger partial charge < -0.3 is 9.05 Å². The first-order chi connectivity index (χ1) is 10.7. The Labute approximate surface area is 140 Å². The van der Waals surface area contributed by atoms with Crippen LogP contribution >= 0.6 is 31.8 Å². The van der Waals surface area contributed by atoms with Gasteiger partial charge in [-0.15, -0.1) is 23.5 Å². The zero-order valence-corrected chi connectivity index (χ0v) is 15.2. The van der Waals surface area contributed by atoms with Gasteiger partial charge >= 0.3 is 8.25 Å². The summed E-state index contributed by atoms with van der Waals surface area (Å²) in [4.78, 5) is 2.39. The van der Waals surface area contributed by atoms with Crippen molar-refractivity contribution in [3.8, 4) is 0 Å². The number of hydrogen-bond acceptors (Lipinski definition) is 5. The van der Waals surface area contributed by atoms with Gasteiger partial charge in [0.15, 0.2) is 0 Å². The number of benzene rings is 2. The summed E-state index contributed by atoms with van der Waals surface area (Å²) in [7, 11) is -2.48. The molecule has 0 aliphatic carbocycles. The molecule has 0 fully saturated rings. The van der Waals surface area contributed by atoms with E-state index in [-0.39, 0.29) is 0 Å². The van der Waals surface area contributed by atoms with E-state index in [1.54, 1.807) is 23.5 Å². The third-order valence-electron chi connectivity index (χ3n) is 3.03. The first-order valence-electron chi connectivity index (χ1n) is 6.76. The second kappa shape index (κ2) is 9.43. The summed E-state index contributed by atoms with van der Waals surface area (Å²) >= 11 is 3.38. The van der Waals surface area contributed by atoms with Gasteiger partial charge in [-0.3, -0.25) is 4.57 Å². The van der Waals surface area contributed by atoms with Crippen molar-refractivity contribution in [2.45, 2.75) is 23.0 Å². The monoisotopic (exact) mass is 354 g/mol. The van der Waals surface area contributed by atoms with E-state index in [1.165, 1.54) is 9.79 Å². The van der Waals surface area contributed by atoms with Gasteiger partial charge in [0.25, 0.3) is 0 Å². The minimum atomic E-state index is -2.48. The zero-order valence-electron chi connectivity index (χ0n) is 12.6. The molecular weight excluding hydrogens is 335 g/mol. The van der Waals surface area contributed by atoms with Crippen LogP contribution in [0.2, 0.25) is 0 Å². The third-order valence-corrected chi connectivity index (χ3v) is 5.28. The fraction of sp³-hybridized carbons (Fsp3) is 0.250. The average molecular weight is 354 g/mol. The van der Waals surface area contributed by atoms with Crippen LogP contribution in [-0.2, 0) is 26.8 Å². The van der Waals surface area contributed by atoms with Crippen LogP contribution in [0.1, 0.15) is 11.1 Å². The summed E-state index contributed by atoms with van der Waals surface area (Å²) in [6, 6.07) is 16.0. The molecule has 0 aliphatic heterocycles. The Morgan fingerprint density at radius 2 is 1.14 bits per heavy atom. The van der Waals surface area contributed by atoms with Crippen LogP contribution < -0.4 is 0 Å². The molecule has 0 saturated heterocycles. The fourth-order valence-electron chi connectivity index (χ4n) is 1.77. The van der Waals surface area contributed by atoms with Crippen LogP contribution in [0, 0.1) is 0 Å². The Kier molecular flexibility index (Phi) is 7.56. The van der Waals surface area contributed by atoms with Gasteiger partial charge in [0.05, 0.1) is 13.2 Å². The smallest absolute Gasteiger partial charge is 0.306 e. The molecule has 2 aromatic carbocycles. The van der Waals surface area contributed by atoms with Gasteiger partial charge in [-0.1, -0.05) is 24.3 Å². The maximum absolute atomic E-state index is 11.8. The lowest BCUT2D eigenvalue weighted by Gasteiger charge is -2.07. The first kappa shape index (κ1) is 17.6. The number of hydrogen-bond donors (Lipinski definition) is 0. The van der Waals surface area contributed by atoms with Crippen LogP contribution in [0.4, 0.5) is 0 Å². The maximum atomic E-state index is 11.8. The molecular formula is C16H19O3PS2. The van der Waals surface area contributed by atoms with E-state index in [0.717, 1.165) is 11.1 Å². The minimum Gasteiger partial charge on any atom is -0.306 e. The molecule has 0 amide bonds. The summed E-state index contributed by atoms with van der Waals surface area (Å²) < 4.78 is 22.3. The highest BCUT2D eigenvalue weighted by Crippen LogP contribution is 2.28. The molecule has 0 atom stereocenters. The maximum Gasteiger partial charge on any atom is 0.319 e. The Hall–Kier alpha value is -0.710. The molecule has 22 heavy (non-hydrogen) atoms. The van der Waals surface area contributed by atoms with Gasteiger partial charge in [-0.2, -0.15) is 0 Å². The summed E-state index contributed by atoms with van der Waals surface area (Å²) in [6.07, 6.45) is 4.06. The van der Waals surface area contributed by atoms with Gasteiger partial charge in [0.1, 0.15) is 0 Å². The van der Waals surface area contributed by atoms with Crippen molar-refractivity contribution < 1.29 is 13.6 Å². The average Bonchev–Trinajstić information content (AvgIpc) is 2.59. The Morgan fingerprint density at radius 3 is 1.45 bits per heavy atom. The molecule has 0 bridgehead atoms. The van der Waals surface area contributed by atoms with Crippen molar-refractivity contribution in [2.75, 3.05) is 12.5 Å². The zero-order chi connectivity index (χ0) is 15.8. The van der Waals surface area contributed by atoms with Crippen molar-refractivity contribution in [2.24, 2.45) is 0 Å². The predicted molar refractivity (Wildman–Crippen MR) is 95.0 cm³/mol. The van der Waals surface area contributed by atoms with Crippen LogP contribution in [0.3, 0.4) is 0 Å². The van der Waals surface area contributed by atoms with Crippen molar-refractivity contribution in [1.82, 2.24) is 0 Å². The molecule has 0 heterocycles. The van der Waals surface area contributed by atoms with E-state index in [9.17, 15) is 4.57 Å². The summed E-state index contributed by atoms with van der Waals surface area (Å²) in [5.74, 6) is 0.